The molecule has 0 aliphatic carbocycles. The average Bonchev–Trinajstić information content (AvgIpc) is 2.55. The van der Waals surface area contributed by atoms with Gasteiger partial charge in [0.25, 0.3) is 5.91 Å². The van der Waals surface area contributed by atoms with Crippen LogP contribution in [0.5, 0.6) is 0 Å². The van der Waals surface area contributed by atoms with Gasteiger partial charge in [0.1, 0.15) is 5.82 Å². The highest BCUT2D eigenvalue weighted by atomic mass is 16.1. The molecule has 0 radical (unpaired) electrons. The molecule has 0 saturated carbocycles. The summed E-state index contributed by atoms with van der Waals surface area (Å²) in [5.74, 6) is 0.378. The van der Waals surface area contributed by atoms with E-state index < -0.39 is 0 Å². The van der Waals surface area contributed by atoms with Crippen LogP contribution in [-0.4, -0.2) is 62.3 Å². The zero-order chi connectivity index (χ0) is 17.5. The number of aromatic nitrogens is 2. The van der Waals surface area contributed by atoms with Gasteiger partial charge in [-0.15, -0.1) is 10.2 Å². The molecule has 0 unspecified atom stereocenters. The van der Waals surface area contributed by atoms with Gasteiger partial charge in [0.2, 0.25) is 0 Å². The average molecular weight is 328 g/mol. The topological polar surface area (TPSA) is 73.4 Å². The van der Waals surface area contributed by atoms with Crippen molar-refractivity contribution < 1.29 is 4.79 Å². The summed E-state index contributed by atoms with van der Waals surface area (Å²) in [7, 11) is 7.95. The van der Waals surface area contributed by atoms with Gasteiger partial charge in [-0.2, -0.15) is 0 Å². The first-order valence-corrected chi connectivity index (χ1v) is 7.77. The zero-order valence-corrected chi connectivity index (χ0v) is 14.6. The highest BCUT2D eigenvalue weighted by Gasteiger charge is 2.09. The van der Waals surface area contributed by atoms with Gasteiger partial charge in [-0.1, -0.05) is 0 Å². The third-order valence-electron chi connectivity index (χ3n) is 3.40. The first-order valence-electron chi connectivity index (χ1n) is 7.77. The van der Waals surface area contributed by atoms with E-state index in [0.29, 0.717) is 5.82 Å². The number of benzene rings is 1. The number of amides is 1. The Kier molecular flexibility index (Phi) is 6.08. The monoisotopic (exact) mass is 328 g/mol. The molecule has 7 heteroatoms. The van der Waals surface area contributed by atoms with Crippen LogP contribution in [0.3, 0.4) is 0 Å². The lowest BCUT2D eigenvalue weighted by Crippen LogP contribution is -2.21. The maximum absolute atomic E-state index is 12.2. The first kappa shape index (κ1) is 17.7. The summed E-state index contributed by atoms with van der Waals surface area (Å²) >= 11 is 0. The van der Waals surface area contributed by atoms with Crippen molar-refractivity contribution in [2.24, 2.45) is 0 Å². The minimum Gasteiger partial charge on any atom is -0.378 e. The van der Waals surface area contributed by atoms with Crippen LogP contribution in [0.2, 0.25) is 0 Å². The van der Waals surface area contributed by atoms with E-state index >= 15 is 0 Å². The maximum Gasteiger partial charge on any atom is 0.276 e. The van der Waals surface area contributed by atoms with E-state index in [1.807, 2.05) is 57.4 Å². The molecule has 0 bridgehead atoms. The smallest absolute Gasteiger partial charge is 0.276 e. The van der Waals surface area contributed by atoms with Gasteiger partial charge in [0, 0.05) is 38.6 Å². The Balaban J connectivity index is 1.92. The lowest BCUT2D eigenvalue weighted by atomic mass is 10.2. The summed E-state index contributed by atoms with van der Waals surface area (Å²) in [5.41, 5.74) is 2.08. The van der Waals surface area contributed by atoms with Crippen LogP contribution in [0.4, 0.5) is 17.2 Å². The summed E-state index contributed by atoms with van der Waals surface area (Å²) in [4.78, 5) is 16.3. The Labute approximate surface area is 142 Å². The van der Waals surface area contributed by atoms with E-state index in [-0.39, 0.29) is 11.6 Å². The van der Waals surface area contributed by atoms with Gasteiger partial charge in [-0.25, -0.2) is 0 Å². The van der Waals surface area contributed by atoms with E-state index in [4.69, 9.17) is 0 Å². The van der Waals surface area contributed by atoms with Crippen molar-refractivity contribution in [3.63, 3.8) is 0 Å². The normalized spacial score (nSPS) is 10.5. The molecule has 0 aliphatic heterocycles. The lowest BCUT2D eigenvalue weighted by molar-refractivity contribution is 0.102. The minimum atomic E-state index is -0.278. The highest BCUT2D eigenvalue weighted by molar-refractivity contribution is 6.02. The molecule has 0 atom stereocenters. The molecule has 7 nitrogen and oxygen atoms in total. The van der Waals surface area contributed by atoms with E-state index in [9.17, 15) is 4.79 Å². The molecule has 2 N–H and O–H groups in total. The third kappa shape index (κ3) is 5.20. The van der Waals surface area contributed by atoms with Crippen LogP contribution in [0.15, 0.2) is 36.4 Å². The van der Waals surface area contributed by atoms with Gasteiger partial charge >= 0.3 is 0 Å². The molecule has 0 aliphatic rings. The van der Waals surface area contributed by atoms with Crippen LogP contribution >= 0.6 is 0 Å². The van der Waals surface area contributed by atoms with Crippen LogP contribution < -0.4 is 15.5 Å². The van der Waals surface area contributed by atoms with Crippen LogP contribution in [0.1, 0.15) is 10.5 Å². The van der Waals surface area contributed by atoms with Gasteiger partial charge in [0.05, 0.1) is 0 Å². The second-order valence-electron chi connectivity index (χ2n) is 5.93. The first-order chi connectivity index (χ1) is 11.5. The Morgan fingerprint density at radius 2 is 1.71 bits per heavy atom. The molecule has 2 aromatic rings. The number of hydrogen-bond donors (Lipinski definition) is 2. The summed E-state index contributed by atoms with van der Waals surface area (Å²) in [5, 5.41) is 14.0. The number of anilines is 3. The molecular formula is C17H24N6O. The van der Waals surface area contributed by atoms with Crippen molar-refractivity contribution in [3.8, 4) is 0 Å². The largest absolute Gasteiger partial charge is 0.378 e. The molecule has 0 saturated heterocycles. The molecule has 1 heterocycles. The number of rotatable bonds is 7. The third-order valence-corrected chi connectivity index (χ3v) is 3.40. The van der Waals surface area contributed by atoms with E-state index in [1.165, 1.54) is 0 Å². The number of carbonyl (C=O) groups is 1. The fourth-order valence-electron chi connectivity index (χ4n) is 1.99. The Hall–Kier alpha value is -2.67. The lowest BCUT2D eigenvalue weighted by Gasteiger charge is -2.13. The van der Waals surface area contributed by atoms with Gasteiger partial charge in [-0.3, -0.25) is 4.79 Å². The summed E-state index contributed by atoms with van der Waals surface area (Å²) in [6.07, 6.45) is 0. The van der Waals surface area contributed by atoms with Crippen LogP contribution in [-0.2, 0) is 0 Å². The quantitative estimate of drug-likeness (QED) is 0.807. The molecule has 128 valence electrons. The van der Waals surface area contributed by atoms with Crippen molar-refractivity contribution in [1.29, 1.82) is 0 Å². The molecule has 1 amide bonds. The molecular weight excluding hydrogens is 304 g/mol. The summed E-state index contributed by atoms with van der Waals surface area (Å²) in [6, 6.07) is 11.0. The number of carbonyl (C=O) groups excluding carboxylic acids is 1. The van der Waals surface area contributed by atoms with Gasteiger partial charge < -0.3 is 20.4 Å². The molecule has 1 aromatic carbocycles. The fraction of sp³-hybridized carbons (Fsp3) is 0.353. The van der Waals surface area contributed by atoms with Crippen molar-refractivity contribution in [1.82, 2.24) is 15.1 Å². The Morgan fingerprint density at radius 3 is 2.25 bits per heavy atom. The van der Waals surface area contributed by atoms with Crippen LogP contribution in [0.25, 0.3) is 0 Å². The Morgan fingerprint density at radius 1 is 1.00 bits per heavy atom. The highest BCUT2D eigenvalue weighted by Crippen LogP contribution is 2.16. The number of hydrogen-bond acceptors (Lipinski definition) is 6. The van der Waals surface area contributed by atoms with Crippen molar-refractivity contribution in [2.75, 3.05) is 56.8 Å². The van der Waals surface area contributed by atoms with Crippen molar-refractivity contribution in [3.05, 3.63) is 42.1 Å². The van der Waals surface area contributed by atoms with E-state index in [0.717, 1.165) is 24.5 Å². The van der Waals surface area contributed by atoms with Gasteiger partial charge in [0.15, 0.2) is 5.69 Å². The predicted octanol–water partition coefficient (Wildman–Crippen LogP) is 1.77. The SMILES string of the molecule is CN(C)CCNc1ccc(C(=O)Nc2ccc(N(C)C)cc2)nn1. The zero-order valence-electron chi connectivity index (χ0n) is 14.6. The fourth-order valence-corrected chi connectivity index (χ4v) is 1.99. The number of likely N-dealkylation sites (N-methyl/N-ethyl adjacent to an activating group) is 1. The summed E-state index contributed by atoms with van der Waals surface area (Å²) in [6.45, 7) is 1.66. The molecule has 0 spiro atoms. The van der Waals surface area contributed by atoms with Crippen molar-refractivity contribution >= 4 is 23.1 Å². The predicted molar refractivity (Wildman–Crippen MR) is 97.8 cm³/mol. The van der Waals surface area contributed by atoms with E-state index in [1.54, 1.807) is 12.1 Å². The Bertz CT molecular complexity index is 652. The molecule has 24 heavy (non-hydrogen) atoms. The standard InChI is InChI=1S/C17H24N6O/c1-22(2)12-11-18-16-10-9-15(20-21-16)17(24)19-13-5-7-14(8-6-13)23(3)4/h5-10H,11-12H2,1-4H3,(H,18,21)(H,19,24). The molecule has 1 aromatic heterocycles. The minimum absolute atomic E-state index is 0.278. The van der Waals surface area contributed by atoms with Crippen molar-refractivity contribution in [2.45, 2.75) is 0 Å². The molecule has 2 rings (SSSR count). The summed E-state index contributed by atoms with van der Waals surface area (Å²) < 4.78 is 0. The van der Waals surface area contributed by atoms with E-state index in [2.05, 4.69) is 25.7 Å². The number of nitrogens with one attached hydrogen (secondary N) is 2. The maximum atomic E-state index is 12.2. The van der Waals surface area contributed by atoms with Crippen LogP contribution in [0, 0.1) is 0 Å². The number of nitrogens with zero attached hydrogens (tertiary/aromatic N) is 4. The molecule has 0 fully saturated rings. The second kappa shape index (κ2) is 8.26. The second-order valence-corrected chi connectivity index (χ2v) is 5.93. The van der Waals surface area contributed by atoms with Gasteiger partial charge in [-0.05, 0) is 50.5 Å².